The highest BCUT2D eigenvalue weighted by Crippen LogP contribution is 2.17. The van der Waals surface area contributed by atoms with Gasteiger partial charge in [-0.1, -0.05) is 23.7 Å². The van der Waals surface area contributed by atoms with Crippen molar-refractivity contribution in [2.24, 2.45) is 0 Å². The highest BCUT2D eigenvalue weighted by molar-refractivity contribution is 7.80. The van der Waals surface area contributed by atoms with Crippen molar-refractivity contribution < 1.29 is 0 Å². The zero-order valence-electron chi connectivity index (χ0n) is 15.6. The van der Waals surface area contributed by atoms with Crippen LogP contribution in [0.3, 0.4) is 0 Å². The zero-order chi connectivity index (χ0) is 19.4. The highest BCUT2D eigenvalue weighted by Gasteiger charge is 2.14. The van der Waals surface area contributed by atoms with Gasteiger partial charge < -0.3 is 10.6 Å². The van der Waals surface area contributed by atoms with Crippen molar-refractivity contribution in [3.8, 4) is 0 Å². The minimum Gasteiger partial charge on any atom is -0.356 e. The summed E-state index contributed by atoms with van der Waals surface area (Å²) in [7, 11) is 0. The molecular formula is C19H23ClN6S. The summed E-state index contributed by atoms with van der Waals surface area (Å²) in [5.41, 5.74) is 3.41. The van der Waals surface area contributed by atoms with Crippen molar-refractivity contribution in [3.05, 3.63) is 64.6 Å². The van der Waals surface area contributed by atoms with E-state index in [9.17, 15) is 0 Å². The van der Waals surface area contributed by atoms with E-state index < -0.39 is 0 Å². The number of rotatable bonds is 6. The molecule has 1 unspecified atom stereocenters. The van der Waals surface area contributed by atoms with Gasteiger partial charge in [0.25, 0.3) is 0 Å². The van der Waals surface area contributed by atoms with E-state index in [-0.39, 0.29) is 6.04 Å². The molecule has 8 heteroatoms. The lowest BCUT2D eigenvalue weighted by Crippen LogP contribution is -2.31. The molecule has 142 valence electrons. The maximum atomic E-state index is 5.92. The van der Waals surface area contributed by atoms with Gasteiger partial charge in [0.2, 0.25) is 0 Å². The molecule has 2 aromatic heterocycles. The van der Waals surface area contributed by atoms with Gasteiger partial charge in [0.1, 0.15) is 0 Å². The van der Waals surface area contributed by atoms with Crippen LogP contribution < -0.4 is 10.6 Å². The molecule has 6 nitrogen and oxygen atoms in total. The molecule has 0 bridgehead atoms. The molecule has 0 aliphatic rings. The summed E-state index contributed by atoms with van der Waals surface area (Å²) < 4.78 is 3.83. The molecule has 0 fully saturated rings. The van der Waals surface area contributed by atoms with Crippen molar-refractivity contribution in [1.82, 2.24) is 24.9 Å². The number of hydrogen-bond donors (Lipinski definition) is 2. The van der Waals surface area contributed by atoms with E-state index in [1.165, 1.54) is 0 Å². The second-order valence-electron chi connectivity index (χ2n) is 6.35. The molecular weight excluding hydrogens is 380 g/mol. The minimum atomic E-state index is 0.0569. The van der Waals surface area contributed by atoms with E-state index in [4.69, 9.17) is 23.8 Å². The monoisotopic (exact) mass is 402 g/mol. The topological polar surface area (TPSA) is 59.7 Å². The quantitative estimate of drug-likeness (QED) is 0.606. The third kappa shape index (κ3) is 4.87. The Morgan fingerprint density at radius 2 is 2.00 bits per heavy atom. The Morgan fingerprint density at radius 3 is 2.67 bits per heavy atom. The van der Waals surface area contributed by atoms with Crippen molar-refractivity contribution in [2.75, 3.05) is 5.32 Å². The van der Waals surface area contributed by atoms with Gasteiger partial charge in [-0.15, -0.1) is 0 Å². The lowest BCUT2D eigenvalue weighted by Gasteiger charge is -2.16. The maximum absolute atomic E-state index is 5.92. The first-order valence-corrected chi connectivity index (χ1v) is 9.62. The van der Waals surface area contributed by atoms with Crippen LogP contribution in [0.2, 0.25) is 5.02 Å². The third-order valence-electron chi connectivity index (χ3n) is 4.39. The molecule has 0 amide bonds. The van der Waals surface area contributed by atoms with E-state index in [0.29, 0.717) is 17.5 Å². The number of hydrogen-bond acceptors (Lipinski definition) is 3. The summed E-state index contributed by atoms with van der Waals surface area (Å²) in [6, 6.07) is 9.69. The Kier molecular flexibility index (Phi) is 6.13. The SMILES string of the molecule is CCn1ncc(C(C)NC(=S)Nc2ccn(Cc3ccc(Cl)cc3)n2)c1C. The number of aromatic nitrogens is 4. The largest absolute Gasteiger partial charge is 0.356 e. The first-order chi connectivity index (χ1) is 13.0. The van der Waals surface area contributed by atoms with E-state index >= 15 is 0 Å². The van der Waals surface area contributed by atoms with Gasteiger partial charge in [-0.2, -0.15) is 10.2 Å². The van der Waals surface area contributed by atoms with Gasteiger partial charge >= 0.3 is 0 Å². The van der Waals surface area contributed by atoms with Crippen molar-refractivity contribution in [1.29, 1.82) is 0 Å². The molecule has 0 aliphatic heterocycles. The smallest absolute Gasteiger partial charge is 0.172 e. The average molecular weight is 403 g/mol. The van der Waals surface area contributed by atoms with Gasteiger partial charge in [-0.05, 0) is 50.7 Å². The second-order valence-corrected chi connectivity index (χ2v) is 7.19. The molecule has 1 atom stereocenters. The molecule has 1 aromatic carbocycles. The van der Waals surface area contributed by atoms with E-state index in [0.717, 1.165) is 28.4 Å². The van der Waals surface area contributed by atoms with E-state index in [2.05, 4.69) is 41.6 Å². The minimum absolute atomic E-state index is 0.0569. The van der Waals surface area contributed by atoms with Crippen LogP contribution in [-0.2, 0) is 13.1 Å². The van der Waals surface area contributed by atoms with Crippen molar-refractivity contribution >= 4 is 34.7 Å². The third-order valence-corrected chi connectivity index (χ3v) is 4.87. The Morgan fingerprint density at radius 1 is 1.26 bits per heavy atom. The molecule has 0 saturated carbocycles. The summed E-state index contributed by atoms with van der Waals surface area (Å²) in [5, 5.41) is 16.6. The number of benzene rings is 1. The predicted molar refractivity (Wildman–Crippen MR) is 113 cm³/mol. The lowest BCUT2D eigenvalue weighted by atomic mass is 10.1. The fraction of sp³-hybridized carbons (Fsp3) is 0.316. The van der Waals surface area contributed by atoms with Crippen LogP contribution in [0.15, 0.2) is 42.7 Å². The molecule has 2 heterocycles. The van der Waals surface area contributed by atoms with Gasteiger partial charge in [0.15, 0.2) is 10.9 Å². The Balaban J connectivity index is 1.57. The van der Waals surface area contributed by atoms with Gasteiger partial charge in [0.05, 0.1) is 18.8 Å². The summed E-state index contributed by atoms with van der Waals surface area (Å²) in [6.07, 6.45) is 3.80. The van der Waals surface area contributed by atoms with Gasteiger partial charge in [-0.3, -0.25) is 9.36 Å². The fourth-order valence-corrected chi connectivity index (χ4v) is 3.33. The number of thiocarbonyl (C=S) groups is 1. The van der Waals surface area contributed by atoms with E-state index in [1.54, 1.807) is 0 Å². The normalized spacial score (nSPS) is 12.0. The lowest BCUT2D eigenvalue weighted by molar-refractivity contribution is 0.632. The number of anilines is 1. The van der Waals surface area contributed by atoms with Crippen LogP contribution in [0.4, 0.5) is 5.82 Å². The van der Waals surface area contributed by atoms with Crippen molar-refractivity contribution in [2.45, 2.75) is 39.9 Å². The molecule has 0 saturated heterocycles. The number of halogens is 1. The fourth-order valence-electron chi connectivity index (χ4n) is 2.92. The average Bonchev–Trinajstić information content (AvgIpc) is 3.22. The van der Waals surface area contributed by atoms with Gasteiger partial charge in [0, 0.05) is 35.1 Å². The molecule has 0 aliphatic carbocycles. The van der Waals surface area contributed by atoms with Crippen LogP contribution in [-0.4, -0.2) is 24.7 Å². The Hall–Kier alpha value is -2.38. The predicted octanol–water partition coefficient (Wildman–Crippen LogP) is 4.16. The maximum Gasteiger partial charge on any atom is 0.172 e. The second kappa shape index (κ2) is 8.54. The first-order valence-electron chi connectivity index (χ1n) is 8.84. The number of nitrogens with one attached hydrogen (secondary N) is 2. The van der Waals surface area contributed by atoms with E-state index in [1.807, 2.05) is 52.1 Å². The zero-order valence-corrected chi connectivity index (χ0v) is 17.2. The van der Waals surface area contributed by atoms with Gasteiger partial charge in [-0.25, -0.2) is 0 Å². The molecule has 0 radical (unpaired) electrons. The van der Waals surface area contributed by atoms with Crippen LogP contribution in [0.25, 0.3) is 0 Å². The summed E-state index contributed by atoms with van der Waals surface area (Å²) >= 11 is 11.4. The number of aryl methyl sites for hydroxylation is 1. The Labute approximate surface area is 169 Å². The summed E-state index contributed by atoms with van der Waals surface area (Å²) in [4.78, 5) is 0. The molecule has 3 rings (SSSR count). The molecule has 2 N–H and O–H groups in total. The highest BCUT2D eigenvalue weighted by atomic mass is 35.5. The Bertz CT molecular complexity index is 915. The van der Waals surface area contributed by atoms with Crippen LogP contribution in [0.1, 0.15) is 36.7 Å². The van der Waals surface area contributed by atoms with Crippen LogP contribution in [0.5, 0.6) is 0 Å². The first kappa shape index (κ1) is 19.4. The molecule has 3 aromatic rings. The standard InChI is InChI=1S/C19H23ClN6S/c1-4-26-14(3)17(11-21-26)13(2)22-19(27)23-18-9-10-25(24-18)12-15-5-7-16(20)8-6-15/h5-11,13H,4,12H2,1-3H3,(H2,22,23,24,27). The summed E-state index contributed by atoms with van der Waals surface area (Å²) in [6.45, 7) is 7.74. The number of nitrogens with zero attached hydrogens (tertiary/aromatic N) is 4. The van der Waals surface area contributed by atoms with Crippen LogP contribution >= 0.6 is 23.8 Å². The molecule has 0 spiro atoms. The summed E-state index contributed by atoms with van der Waals surface area (Å²) in [5.74, 6) is 0.703. The van der Waals surface area contributed by atoms with Crippen molar-refractivity contribution in [3.63, 3.8) is 0 Å². The molecule has 27 heavy (non-hydrogen) atoms. The van der Waals surface area contributed by atoms with Crippen LogP contribution in [0, 0.1) is 6.92 Å².